The molecule has 1 aromatic carbocycles. The van der Waals surface area contributed by atoms with Crippen LogP contribution in [0.2, 0.25) is 0 Å². The van der Waals surface area contributed by atoms with Gasteiger partial charge in [-0.05, 0) is 42.3 Å². The van der Waals surface area contributed by atoms with E-state index in [1.165, 1.54) is 36.6 Å². The van der Waals surface area contributed by atoms with Gasteiger partial charge in [-0.1, -0.05) is 13.8 Å². The molecule has 25 heavy (non-hydrogen) atoms. The van der Waals surface area contributed by atoms with E-state index >= 15 is 0 Å². The molecule has 0 unspecified atom stereocenters. The largest absolute Gasteiger partial charge is 0.492 e. The molecule has 2 amide bonds. The molecule has 0 radical (unpaired) electrons. The molecular weight excluding hydrogens is 327 g/mol. The fourth-order valence-electron chi connectivity index (χ4n) is 2.14. The lowest BCUT2D eigenvalue weighted by Crippen LogP contribution is -2.50. The number of ether oxygens (including phenoxy) is 1. The average Bonchev–Trinajstić information content (AvgIpc) is 3.12. The number of benzene rings is 1. The van der Waals surface area contributed by atoms with E-state index < -0.39 is 11.9 Å². The molecule has 1 atom stereocenters. The fourth-order valence-corrected chi connectivity index (χ4v) is 2.14. The Hall–Kier alpha value is -2.83. The zero-order valence-corrected chi connectivity index (χ0v) is 14.1. The normalized spacial score (nSPS) is 11.8. The zero-order chi connectivity index (χ0) is 18.2. The topological polar surface area (TPSA) is 80.6 Å². The van der Waals surface area contributed by atoms with E-state index in [9.17, 15) is 14.0 Å². The van der Waals surface area contributed by atoms with Crippen molar-refractivity contribution >= 4 is 11.8 Å². The summed E-state index contributed by atoms with van der Waals surface area (Å²) in [7, 11) is 0. The van der Waals surface area contributed by atoms with Gasteiger partial charge in [0.2, 0.25) is 5.91 Å². The highest BCUT2D eigenvalue weighted by atomic mass is 19.1. The Morgan fingerprint density at radius 2 is 1.92 bits per heavy atom. The Morgan fingerprint density at radius 1 is 1.20 bits per heavy atom. The van der Waals surface area contributed by atoms with Gasteiger partial charge in [-0.3, -0.25) is 9.59 Å². The molecule has 6 nitrogen and oxygen atoms in total. The van der Waals surface area contributed by atoms with Crippen LogP contribution in [0.25, 0.3) is 0 Å². The van der Waals surface area contributed by atoms with Crippen LogP contribution in [0.1, 0.15) is 24.4 Å². The summed E-state index contributed by atoms with van der Waals surface area (Å²) in [4.78, 5) is 24.3. The molecule has 0 saturated heterocycles. The maximum absolute atomic E-state index is 12.8. The van der Waals surface area contributed by atoms with E-state index in [1.54, 1.807) is 6.07 Å². The minimum atomic E-state index is -0.691. The highest BCUT2D eigenvalue weighted by Crippen LogP contribution is 2.10. The highest BCUT2D eigenvalue weighted by molar-refractivity contribution is 5.95. The maximum Gasteiger partial charge on any atom is 0.287 e. The number of nitrogens with one attached hydrogen (secondary N) is 2. The van der Waals surface area contributed by atoms with Crippen LogP contribution in [0.5, 0.6) is 5.75 Å². The number of hydrogen-bond donors (Lipinski definition) is 2. The molecule has 0 spiro atoms. The molecular formula is C18H21FN2O4. The van der Waals surface area contributed by atoms with Crippen molar-refractivity contribution in [2.24, 2.45) is 5.92 Å². The molecule has 0 aliphatic carbocycles. The summed E-state index contributed by atoms with van der Waals surface area (Å²) in [6, 6.07) is 8.06. The summed E-state index contributed by atoms with van der Waals surface area (Å²) in [5.74, 6) is -0.524. The van der Waals surface area contributed by atoms with Crippen LogP contribution in [-0.4, -0.2) is 31.0 Å². The van der Waals surface area contributed by atoms with Crippen molar-refractivity contribution < 1.29 is 23.1 Å². The minimum absolute atomic E-state index is 0.100. The first-order chi connectivity index (χ1) is 12.0. The third-order valence-electron chi connectivity index (χ3n) is 3.46. The highest BCUT2D eigenvalue weighted by Gasteiger charge is 2.25. The maximum atomic E-state index is 12.8. The van der Waals surface area contributed by atoms with Crippen LogP contribution in [0.4, 0.5) is 4.39 Å². The molecule has 0 aliphatic rings. The molecule has 0 aliphatic heterocycles. The number of furan rings is 1. The van der Waals surface area contributed by atoms with Gasteiger partial charge in [0, 0.05) is 0 Å². The Morgan fingerprint density at radius 3 is 2.52 bits per heavy atom. The second-order valence-corrected chi connectivity index (χ2v) is 5.77. The smallest absolute Gasteiger partial charge is 0.287 e. The molecule has 2 rings (SSSR count). The van der Waals surface area contributed by atoms with E-state index in [1.807, 2.05) is 13.8 Å². The van der Waals surface area contributed by atoms with Gasteiger partial charge in [0.1, 0.15) is 24.2 Å². The first kappa shape index (κ1) is 18.5. The summed E-state index contributed by atoms with van der Waals surface area (Å²) in [5.41, 5.74) is 0. The van der Waals surface area contributed by atoms with Crippen molar-refractivity contribution in [1.29, 1.82) is 0 Å². The van der Waals surface area contributed by atoms with Crippen LogP contribution in [0, 0.1) is 11.7 Å². The fraction of sp³-hybridized carbons (Fsp3) is 0.333. The second kappa shape index (κ2) is 8.86. The number of hydrogen-bond acceptors (Lipinski definition) is 4. The summed E-state index contributed by atoms with van der Waals surface area (Å²) < 4.78 is 23.2. The number of halogens is 1. The van der Waals surface area contributed by atoms with Crippen molar-refractivity contribution in [2.75, 3.05) is 13.2 Å². The van der Waals surface area contributed by atoms with E-state index in [-0.39, 0.29) is 36.6 Å². The van der Waals surface area contributed by atoms with Gasteiger partial charge in [-0.25, -0.2) is 4.39 Å². The van der Waals surface area contributed by atoms with Crippen molar-refractivity contribution in [3.8, 4) is 5.75 Å². The van der Waals surface area contributed by atoms with Crippen molar-refractivity contribution in [3.05, 3.63) is 54.2 Å². The van der Waals surface area contributed by atoms with E-state index in [0.717, 1.165) is 0 Å². The predicted octanol–water partition coefficient (Wildman–Crippen LogP) is 2.37. The van der Waals surface area contributed by atoms with Gasteiger partial charge in [0.25, 0.3) is 5.91 Å². The van der Waals surface area contributed by atoms with Crippen LogP contribution in [0.3, 0.4) is 0 Å². The molecule has 0 saturated carbocycles. The summed E-state index contributed by atoms with van der Waals surface area (Å²) in [6.07, 6.45) is 1.39. The number of carbonyl (C=O) groups is 2. The van der Waals surface area contributed by atoms with Crippen molar-refractivity contribution in [3.63, 3.8) is 0 Å². The molecule has 1 heterocycles. The SMILES string of the molecule is CC(C)[C@@H](NC(=O)c1ccco1)C(=O)NCCOc1ccc(F)cc1. The molecule has 7 heteroatoms. The van der Waals surface area contributed by atoms with Crippen LogP contribution >= 0.6 is 0 Å². The first-order valence-corrected chi connectivity index (χ1v) is 7.98. The summed E-state index contributed by atoms with van der Waals surface area (Å²) in [6.45, 7) is 4.16. The van der Waals surface area contributed by atoms with Gasteiger partial charge < -0.3 is 19.8 Å². The van der Waals surface area contributed by atoms with E-state index in [4.69, 9.17) is 9.15 Å². The van der Waals surface area contributed by atoms with Crippen LogP contribution in [0.15, 0.2) is 47.1 Å². The third-order valence-corrected chi connectivity index (χ3v) is 3.46. The second-order valence-electron chi connectivity index (χ2n) is 5.77. The quantitative estimate of drug-likeness (QED) is 0.718. The van der Waals surface area contributed by atoms with Gasteiger partial charge in [0.05, 0.1) is 12.8 Å². The summed E-state index contributed by atoms with van der Waals surface area (Å²) in [5, 5.41) is 5.37. The Kier molecular flexibility index (Phi) is 6.56. The van der Waals surface area contributed by atoms with Crippen LogP contribution in [-0.2, 0) is 4.79 Å². The standard InChI is InChI=1S/C18H21FN2O4/c1-12(2)16(21-17(22)15-4-3-10-25-15)18(23)20-9-11-24-14-7-5-13(19)6-8-14/h3-8,10,12,16H,9,11H2,1-2H3,(H,20,23)(H,21,22)/t16-/m1/s1. The van der Waals surface area contributed by atoms with E-state index in [2.05, 4.69) is 10.6 Å². The lowest BCUT2D eigenvalue weighted by Gasteiger charge is -2.21. The van der Waals surface area contributed by atoms with Gasteiger partial charge in [-0.15, -0.1) is 0 Å². The minimum Gasteiger partial charge on any atom is -0.492 e. The van der Waals surface area contributed by atoms with Crippen LogP contribution < -0.4 is 15.4 Å². The molecule has 0 fully saturated rings. The molecule has 134 valence electrons. The Labute approximate surface area is 145 Å². The predicted molar refractivity (Wildman–Crippen MR) is 89.7 cm³/mol. The Bertz CT molecular complexity index is 684. The first-order valence-electron chi connectivity index (χ1n) is 7.98. The zero-order valence-electron chi connectivity index (χ0n) is 14.1. The summed E-state index contributed by atoms with van der Waals surface area (Å²) >= 11 is 0. The van der Waals surface area contributed by atoms with Crippen molar-refractivity contribution in [1.82, 2.24) is 10.6 Å². The van der Waals surface area contributed by atoms with Crippen molar-refractivity contribution in [2.45, 2.75) is 19.9 Å². The number of amides is 2. The van der Waals surface area contributed by atoms with Gasteiger partial charge in [0.15, 0.2) is 5.76 Å². The molecule has 0 bridgehead atoms. The van der Waals surface area contributed by atoms with E-state index in [0.29, 0.717) is 5.75 Å². The lowest BCUT2D eigenvalue weighted by molar-refractivity contribution is -0.124. The molecule has 2 aromatic rings. The molecule has 1 aromatic heterocycles. The van der Waals surface area contributed by atoms with Gasteiger partial charge >= 0.3 is 0 Å². The number of carbonyl (C=O) groups excluding carboxylic acids is 2. The monoisotopic (exact) mass is 348 g/mol. The Balaban J connectivity index is 1.79. The lowest BCUT2D eigenvalue weighted by atomic mass is 10.0. The number of rotatable bonds is 8. The van der Waals surface area contributed by atoms with Gasteiger partial charge in [-0.2, -0.15) is 0 Å². The third kappa shape index (κ3) is 5.63. The average molecular weight is 348 g/mol. The molecule has 2 N–H and O–H groups in total.